The summed E-state index contributed by atoms with van der Waals surface area (Å²) in [5, 5.41) is 9.38. The van der Waals surface area contributed by atoms with E-state index in [2.05, 4.69) is 20.8 Å². The van der Waals surface area contributed by atoms with E-state index >= 15 is 0 Å². The number of ether oxygens (including phenoxy) is 1. The Morgan fingerprint density at radius 3 is 2.40 bits per heavy atom. The Morgan fingerprint density at radius 2 is 1.85 bits per heavy atom. The molecule has 0 bridgehead atoms. The van der Waals surface area contributed by atoms with E-state index < -0.39 is 0 Å². The average Bonchev–Trinajstić information content (AvgIpc) is 2.40. The second-order valence-electron chi connectivity index (χ2n) is 6.57. The van der Waals surface area contributed by atoms with E-state index in [0.717, 1.165) is 12.8 Å². The van der Waals surface area contributed by atoms with Crippen LogP contribution in [-0.2, 0) is 9.53 Å². The van der Waals surface area contributed by atoms with Crippen molar-refractivity contribution in [2.45, 2.75) is 79.1 Å². The van der Waals surface area contributed by atoms with Crippen LogP contribution in [0.1, 0.15) is 79.1 Å². The molecule has 0 saturated heterocycles. The summed E-state index contributed by atoms with van der Waals surface area (Å²) < 4.78 is 4.95. The number of aliphatic hydroxyl groups is 1. The van der Waals surface area contributed by atoms with E-state index in [9.17, 15) is 9.90 Å². The molecule has 3 nitrogen and oxygen atoms in total. The summed E-state index contributed by atoms with van der Waals surface area (Å²) in [4.78, 5) is 11.4. The number of aliphatic hydroxyl groups excluding tert-OH is 1. The van der Waals surface area contributed by atoms with Crippen molar-refractivity contribution in [3.05, 3.63) is 0 Å². The largest absolute Gasteiger partial charge is 0.466 e. The predicted octanol–water partition coefficient (Wildman–Crippen LogP) is 4.32. The third-order valence-corrected chi connectivity index (χ3v) is 3.96. The molecule has 0 saturated carbocycles. The number of rotatable bonds is 12. The first-order valence-electron chi connectivity index (χ1n) is 8.21. The molecule has 0 unspecified atom stereocenters. The summed E-state index contributed by atoms with van der Waals surface area (Å²) in [6, 6.07) is 0. The second-order valence-corrected chi connectivity index (χ2v) is 6.57. The zero-order valence-corrected chi connectivity index (χ0v) is 13.9. The fraction of sp³-hybridized carbons (Fsp3) is 0.941. The maximum absolute atomic E-state index is 11.4. The summed E-state index contributed by atoms with van der Waals surface area (Å²) >= 11 is 0. The van der Waals surface area contributed by atoms with Gasteiger partial charge in [-0.25, -0.2) is 0 Å². The van der Waals surface area contributed by atoms with Crippen molar-refractivity contribution in [1.82, 2.24) is 0 Å². The van der Waals surface area contributed by atoms with Crippen LogP contribution in [0.15, 0.2) is 0 Å². The van der Waals surface area contributed by atoms with Crippen molar-refractivity contribution < 1.29 is 14.6 Å². The standard InChI is InChI=1S/C17H34O3/c1-5-7-8-9-11-17(3,4)12-10-15(14-18)13-16(19)20-6-2/h15,18H,5-14H2,1-4H3/t15-/m0/s1. The topological polar surface area (TPSA) is 46.5 Å². The summed E-state index contributed by atoms with van der Waals surface area (Å²) in [5.41, 5.74) is 0.301. The highest BCUT2D eigenvalue weighted by molar-refractivity contribution is 5.69. The van der Waals surface area contributed by atoms with Gasteiger partial charge >= 0.3 is 5.97 Å². The van der Waals surface area contributed by atoms with Crippen molar-refractivity contribution in [2.24, 2.45) is 11.3 Å². The van der Waals surface area contributed by atoms with Gasteiger partial charge in [0.2, 0.25) is 0 Å². The maximum atomic E-state index is 11.4. The van der Waals surface area contributed by atoms with Crippen LogP contribution in [-0.4, -0.2) is 24.3 Å². The molecule has 0 aliphatic carbocycles. The number of carbonyl (C=O) groups excluding carboxylic acids is 1. The molecule has 0 aromatic carbocycles. The highest BCUT2D eigenvalue weighted by Crippen LogP contribution is 2.31. The summed E-state index contributed by atoms with van der Waals surface area (Å²) in [6.07, 6.45) is 8.71. The lowest BCUT2D eigenvalue weighted by Gasteiger charge is -2.26. The van der Waals surface area contributed by atoms with Gasteiger partial charge in [0.25, 0.3) is 0 Å². The van der Waals surface area contributed by atoms with Gasteiger partial charge < -0.3 is 9.84 Å². The molecule has 0 radical (unpaired) electrons. The van der Waals surface area contributed by atoms with Crippen LogP contribution in [0, 0.1) is 11.3 Å². The fourth-order valence-electron chi connectivity index (χ4n) is 2.46. The van der Waals surface area contributed by atoms with E-state index in [1.54, 1.807) is 0 Å². The van der Waals surface area contributed by atoms with Gasteiger partial charge in [-0.1, -0.05) is 46.5 Å². The molecule has 0 spiro atoms. The number of esters is 1. The normalized spacial score (nSPS) is 13.2. The number of hydrogen-bond donors (Lipinski definition) is 1. The third kappa shape index (κ3) is 10.2. The number of unbranched alkanes of at least 4 members (excludes halogenated alkanes) is 3. The molecule has 0 aromatic heterocycles. The average molecular weight is 286 g/mol. The van der Waals surface area contributed by atoms with E-state index in [1.165, 1.54) is 32.1 Å². The van der Waals surface area contributed by atoms with Crippen molar-refractivity contribution in [2.75, 3.05) is 13.2 Å². The first-order valence-corrected chi connectivity index (χ1v) is 8.21. The maximum Gasteiger partial charge on any atom is 0.306 e. The van der Waals surface area contributed by atoms with Gasteiger partial charge in [-0.15, -0.1) is 0 Å². The molecule has 1 N–H and O–H groups in total. The van der Waals surface area contributed by atoms with Crippen LogP contribution in [0.5, 0.6) is 0 Å². The summed E-state index contributed by atoms with van der Waals surface area (Å²) in [6.45, 7) is 9.11. The van der Waals surface area contributed by atoms with E-state index in [-0.39, 0.29) is 18.5 Å². The van der Waals surface area contributed by atoms with Gasteiger partial charge in [0, 0.05) is 6.61 Å². The first kappa shape index (κ1) is 19.4. The van der Waals surface area contributed by atoms with Crippen LogP contribution in [0.4, 0.5) is 0 Å². The van der Waals surface area contributed by atoms with Gasteiger partial charge in [-0.3, -0.25) is 4.79 Å². The highest BCUT2D eigenvalue weighted by Gasteiger charge is 2.21. The lowest BCUT2D eigenvalue weighted by molar-refractivity contribution is -0.144. The summed E-state index contributed by atoms with van der Waals surface area (Å²) in [7, 11) is 0. The Morgan fingerprint density at radius 1 is 1.15 bits per heavy atom. The van der Waals surface area contributed by atoms with E-state index in [4.69, 9.17) is 4.74 Å². The molecule has 1 atom stereocenters. The molecule has 0 amide bonds. The molecule has 0 aliphatic rings. The molecule has 20 heavy (non-hydrogen) atoms. The second kappa shape index (κ2) is 11.1. The Labute approximate surface area is 125 Å². The Balaban J connectivity index is 3.97. The predicted molar refractivity (Wildman–Crippen MR) is 83.6 cm³/mol. The minimum atomic E-state index is -0.188. The summed E-state index contributed by atoms with van der Waals surface area (Å²) in [5.74, 6) is -0.142. The lowest BCUT2D eigenvalue weighted by atomic mass is 9.80. The monoisotopic (exact) mass is 286 g/mol. The molecule has 120 valence electrons. The van der Waals surface area contributed by atoms with Crippen LogP contribution in [0.25, 0.3) is 0 Å². The van der Waals surface area contributed by atoms with Crippen LogP contribution >= 0.6 is 0 Å². The van der Waals surface area contributed by atoms with Crippen molar-refractivity contribution in [3.8, 4) is 0 Å². The first-order chi connectivity index (χ1) is 9.45. The minimum absolute atomic E-state index is 0.0453. The van der Waals surface area contributed by atoms with Gasteiger partial charge in [0.1, 0.15) is 0 Å². The van der Waals surface area contributed by atoms with Gasteiger partial charge in [-0.05, 0) is 37.5 Å². The third-order valence-electron chi connectivity index (χ3n) is 3.96. The Bertz CT molecular complexity index is 249. The van der Waals surface area contributed by atoms with Gasteiger partial charge in [0.05, 0.1) is 13.0 Å². The van der Waals surface area contributed by atoms with Crippen LogP contribution < -0.4 is 0 Å². The van der Waals surface area contributed by atoms with E-state index in [1.807, 2.05) is 6.92 Å². The van der Waals surface area contributed by atoms with Crippen LogP contribution in [0.2, 0.25) is 0 Å². The molecular weight excluding hydrogens is 252 g/mol. The quantitative estimate of drug-likeness (QED) is 0.429. The Hall–Kier alpha value is -0.570. The molecule has 0 aliphatic heterocycles. The zero-order valence-electron chi connectivity index (χ0n) is 13.9. The fourth-order valence-corrected chi connectivity index (χ4v) is 2.46. The Kier molecular flexibility index (Phi) is 10.8. The van der Waals surface area contributed by atoms with Crippen LogP contribution in [0.3, 0.4) is 0 Å². The smallest absolute Gasteiger partial charge is 0.306 e. The SMILES string of the molecule is CCCCCCC(C)(C)CC[C@H](CO)CC(=O)OCC. The molecule has 0 rings (SSSR count). The molecule has 0 heterocycles. The number of hydrogen-bond acceptors (Lipinski definition) is 3. The minimum Gasteiger partial charge on any atom is -0.466 e. The molecular formula is C17H34O3. The highest BCUT2D eigenvalue weighted by atomic mass is 16.5. The zero-order chi connectivity index (χ0) is 15.4. The van der Waals surface area contributed by atoms with Crippen molar-refractivity contribution >= 4 is 5.97 Å². The van der Waals surface area contributed by atoms with Gasteiger partial charge in [0.15, 0.2) is 0 Å². The van der Waals surface area contributed by atoms with Crippen molar-refractivity contribution in [3.63, 3.8) is 0 Å². The molecule has 0 aromatic rings. The van der Waals surface area contributed by atoms with Crippen molar-refractivity contribution in [1.29, 1.82) is 0 Å². The number of carbonyl (C=O) groups is 1. The molecule has 3 heteroatoms. The lowest BCUT2D eigenvalue weighted by Crippen LogP contribution is -2.19. The van der Waals surface area contributed by atoms with E-state index in [0.29, 0.717) is 18.4 Å². The molecule has 0 fully saturated rings. The van der Waals surface area contributed by atoms with Gasteiger partial charge in [-0.2, -0.15) is 0 Å².